The maximum absolute atomic E-state index is 12.4. The van der Waals surface area contributed by atoms with Crippen molar-refractivity contribution < 1.29 is 4.79 Å². The summed E-state index contributed by atoms with van der Waals surface area (Å²) in [5, 5.41) is 1.25. The normalized spacial score (nSPS) is 18.3. The number of anilines is 2. The minimum Gasteiger partial charge on any atom is -0.397 e. The van der Waals surface area contributed by atoms with Gasteiger partial charge in [-0.25, -0.2) is 0 Å². The van der Waals surface area contributed by atoms with Crippen LogP contribution >= 0.6 is 11.3 Å². The van der Waals surface area contributed by atoms with E-state index >= 15 is 0 Å². The van der Waals surface area contributed by atoms with Crippen LogP contribution in [0.1, 0.15) is 67.1 Å². The fourth-order valence-corrected chi connectivity index (χ4v) is 4.08. The first-order valence-corrected chi connectivity index (χ1v) is 8.98. The first-order chi connectivity index (χ1) is 9.99. The van der Waals surface area contributed by atoms with Gasteiger partial charge in [-0.05, 0) is 43.9 Å². The van der Waals surface area contributed by atoms with Crippen molar-refractivity contribution in [1.29, 1.82) is 0 Å². The Hall–Kier alpha value is -1.03. The molecule has 0 aromatic carbocycles. The first kappa shape index (κ1) is 14.9. The second-order valence-electron chi connectivity index (χ2n) is 7.08. The minimum absolute atomic E-state index is 0.256. The lowest BCUT2D eigenvalue weighted by Crippen LogP contribution is -2.19. The summed E-state index contributed by atoms with van der Waals surface area (Å²) in [6.45, 7) is 5.54. The summed E-state index contributed by atoms with van der Waals surface area (Å²) in [6.07, 6.45) is 5.72. The van der Waals surface area contributed by atoms with E-state index in [1.807, 2.05) is 0 Å². The van der Waals surface area contributed by atoms with Gasteiger partial charge >= 0.3 is 0 Å². The predicted molar refractivity (Wildman–Crippen MR) is 90.5 cm³/mol. The highest BCUT2D eigenvalue weighted by molar-refractivity contribution is 7.19. The molecule has 0 bridgehead atoms. The zero-order valence-corrected chi connectivity index (χ0v) is 14.1. The van der Waals surface area contributed by atoms with Crippen LogP contribution < -0.4 is 10.6 Å². The van der Waals surface area contributed by atoms with Gasteiger partial charge in [-0.1, -0.05) is 13.8 Å². The van der Waals surface area contributed by atoms with Crippen LogP contribution in [0, 0.1) is 11.8 Å². The van der Waals surface area contributed by atoms with Crippen molar-refractivity contribution in [2.24, 2.45) is 11.8 Å². The molecule has 0 amide bonds. The number of carbonyl (C=O) groups excluding carboxylic acids is 1. The summed E-state index contributed by atoms with van der Waals surface area (Å²) in [6, 6.07) is 0. The molecule has 2 aliphatic carbocycles. The lowest BCUT2D eigenvalue weighted by molar-refractivity contribution is 0.0972. The van der Waals surface area contributed by atoms with Crippen LogP contribution in [0.5, 0.6) is 0 Å². The number of nitrogens with two attached hydrogens (primary N) is 1. The van der Waals surface area contributed by atoms with Gasteiger partial charge < -0.3 is 10.6 Å². The second kappa shape index (κ2) is 5.64. The van der Waals surface area contributed by atoms with E-state index in [0.717, 1.165) is 30.0 Å². The molecule has 0 spiro atoms. The highest BCUT2D eigenvalue weighted by Crippen LogP contribution is 2.53. The molecule has 2 fully saturated rings. The highest BCUT2D eigenvalue weighted by atomic mass is 32.1. The monoisotopic (exact) mass is 306 g/mol. The van der Waals surface area contributed by atoms with Gasteiger partial charge in [-0.3, -0.25) is 4.79 Å². The largest absolute Gasteiger partial charge is 0.397 e. The summed E-state index contributed by atoms with van der Waals surface area (Å²) in [4.78, 5) is 15.6. The number of hydrogen-bond acceptors (Lipinski definition) is 4. The number of thiophene rings is 1. The SMILES string of the molecule is CC(C)CCN(C)c1sc(C(=O)C2CC2)c(N)c1C1CC1. The molecule has 0 aliphatic heterocycles. The molecule has 21 heavy (non-hydrogen) atoms. The molecule has 116 valence electrons. The van der Waals surface area contributed by atoms with Crippen molar-refractivity contribution in [2.75, 3.05) is 24.2 Å². The van der Waals surface area contributed by atoms with Crippen LogP contribution in [0.2, 0.25) is 0 Å². The number of nitrogen functional groups attached to an aromatic ring is 1. The minimum atomic E-state index is 0.256. The molecular formula is C17H26N2OS. The fraction of sp³-hybridized carbons (Fsp3) is 0.706. The van der Waals surface area contributed by atoms with Crippen LogP contribution in [0.15, 0.2) is 0 Å². The van der Waals surface area contributed by atoms with Gasteiger partial charge in [0, 0.05) is 25.1 Å². The molecule has 0 atom stereocenters. The Labute approximate surface area is 131 Å². The molecule has 2 saturated carbocycles. The fourth-order valence-electron chi connectivity index (χ4n) is 2.76. The summed E-state index contributed by atoms with van der Waals surface area (Å²) in [7, 11) is 2.14. The van der Waals surface area contributed by atoms with Crippen LogP contribution in [0.3, 0.4) is 0 Å². The lowest BCUT2D eigenvalue weighted by atomic mass is 10.1. The summed E-state index contributed by atoms with van der Waals surface area (Å²) >= 11 is 1.64. The third kappa shape index (κ3) is 3.10. The molecule has 4 heteroatoms. The Morgan fingerprint density at radius 2 is 2.00 bits per heavy atom. The van der Waals surface area contributed by atoms with Gasteiger partial charge in [-0.15, -0.1) is 11.3 Å². The predicted octanol–water partition coefficient (Wildman–Crippen LogP) is 4.28. The zero-order valence-electron chi connectivity index (χ0n) is 13.3. The third-order valence-electron chi connectivity index (χ3n) is 4.51. The van der Waals surface area contributed by atoms with E-state index in [4.69, 9.17) is 5.73 Å². The Morgan fingerprint density at radius 1 is 1.33 bits per heavy atom. The molecule has 2 N–H and O–H groups in total. The van der Waals surface area contributed by atoms with Crippen molar-refractivity contribution >= 4 is 27.8 Å². The summed E-state index contributed by atoms with van der Waals surface area (Å²) in [5.41, 5.74) is 8.44. The molecule has 1 aromatic heterocycles. The van der Waals surface area contributed by atoms with Crippen molar-refractivity contribution in [3.05, 3.63) is 10.4 Å². The van der Waals surface area contributed by atoms with E-state index in [0.29, 0.717) is 17.6 Å². The average molecular weight is 306 g/mol. The highest BCUT2D eigenvalue weighted by Gasteiger charge is 2.38. The van der Waals surface area contributed by atoms with Crippen LogP contribution in [0.25, 0.3) is 0 Å². The topological polar surface area (TPSA) is 46.3 Å². The number of ketones is 1. The van der Waals surface area contributed by atoms with Crippen LogP contribution in [0.4, 0.5) is 10.7 Å². The molecule has 2 aliphatic rings. The average Bonchev–Trinajstić information content (AvgIpc) is 3.33. The molecular weight excluding hydrogens is 280 g/mol. The van der Waals surface area contributed by atoms with Gasteiger partial charge in [-0.2, -0.15) is 0 Å². The van der Waals surface area contributed by atoms with E-state index in [2.05, 4.69) is 25.8 Å². The summed E-state index contributed by atoms with van der Waals surface area (Å²) in [5.74, 6) is 1.84. The van der Waals surface area contributed by atoms with Gasteiger partial charge in [0.2, 0.25) is 0 Å². The summed E-state index contributed by atoms with van der Waals surface area (Å²) < 4.78 is 0. The second-order valence-corrected chi connectivity index (χ2v) is 8.08. The van der Waals surface area contributed by atoms with E-state index in [1.54, 1.807) is 11.3 Å². The molecule has 0 unspecified atom stereocenters. The Bertz CT molecular complexity index is 541. The van der Waals surface area contributed by atoms with Gasteiger partial charge in [0.25, 0.3) is 0 Å². The number of nitrogens with zero attached hydrogens (tertiary/aromatic N) is 1. The molecule has 1 heterocycles. The van der Waals surface area contributed by atoms with Gasteiger partial charge in [0.05, 0.1) is 15.6 Å². The molecule has 3 rings (SSSR count). The van der Waals surface area contributed by atoms with Crippen molar-refractivity contribution in [2.45, 2.75) is 51.9 Å². The molecule has 0 saturated heterocycles. The number of rotatable bonds is 7. The van der Waals surface area contributed by atoms with Crippen molar-refractivity contribution in [3.8, 4) is 0 Å². The van der Waals surface area contributed by atoms with E-state index < -0.39 is 0 Å². The Morgan fingerprint density at radius 3 is 2.52 bits per heavy atom. The molecule has 3 nitrogen and oxygen atoms in total. The smallest absolute Gasteiger partial charge is 0.178 e. The lowest BCUT2D eigenvalue weighted by Gasteiger charge is -2.20. The number of carbonyl (C=O) groups is 1. The molecule has 0 radical (unpaired) electrons. The van der Waals surface area contributed by atoms with Crippen molar-refractivity contribution in [1.82, 2.24) is 0 Å². The Balaban J connectivity index is 1.87. The first-order valence-electron chi connectivity index (χ1n) is 8.16. The molecule has 1 aromatic rings. The van der Waals surface area contributed by atoms with Crippen LogP contribution in [-0.2, 0) is 0 Å². The quantitative estimate of drug-likeness (QED) is 0.765. The number of Topliss-reactive ketones (excluding diaryl/α,β-unsaturated/α-hetero) is 1. The zero-order chi connectivity index (χ0) is 15.1. The maximum Gasteiger partial charge on any atom is 0.178 e. The van der Waals surface area contributed by atoms with Crippen molar-refractivity contribution in [3.63, 3.8) is 0 Å². The van der Waals surface area contributed by atoms with Gasteiger partial charge in [0.15, 0.2) is 5.78 Å². The Kier molecular flexibility index (Phi) is 4.00. The maximum atomic E-state index is 12.4. The standard InChI is InChI=1S/C17H26N2OS/c1-10(2)8-9-19(3)17-13(11-4-5-11)14(18)16(21-17)15(20)12-6-7-12/h10-12H,4-9,18H2,1-3H3. The van der Waals surface area contributed by atoms with E-state index in [9.17, 15) is 4.79 Å². The van der Waals surface area contributed by atoms with Gasteiger partial charge in [0.1, 0.15) is 0 Å². The van der Waals surface area contributed by atoms with E-state index in [1.165, 1.54) is 29.8 Å². The number of hydrogen-bond donors (Lipinski definition) is 1. The third-order valence-corrected chi connectivity index (χ3v) is 5.86. The van der Waals surface area contributed by atoms with E-state index in [-0.39, 0.29) is 5.92 Å². The van der Waals surface area contributed by atoms with Crippen LogP contribution in [-0.4, -0.2) is 19.4 Å².